The van der Waals surface area contributed by atoms with Gasteiger partial charge in [0.25, 0.3) is 0 Å². The first-order valence-electron chi connectivity index (χ1n) is 4.29. The van der Waals surface area contributed by atoms with E-state index in [0.717, 1.165) is 31.8 Å². The summed E-state index contributed by atoms with van der Waals surface area (Å²) in [5, 5.41) is 3.31. The van der Waals surface area contributed by atoms with Crippen molar-refractivity contribution in [3.8, 4) is 0 Å². The van der Waals surface area contributed by atoms with Gasteiger partial charge in [-0.1, -0.05) is 0 Å². The van der Waals surface area contributed by atoms with Crippen molar-refractivity contribution in [1.82, 2.24) is 20.3 Å². The SMILES string of the molecule is Cl.Cl.c1ncnc(C2CCNCC2)n1. The Morgan fingerprint density at radius 1 is 1.07 bits per heavy atom. The van der Waals surface area contributed by atoms with Crippen LogP contribution in [0.4, 0.5) is 0 Å². The van der Waals surface area contributed by atoms with Crippen molar-refractivity contribution >= 4 is 24.8 Å². The molecule has 0 atom stereocenters. The molecule has 0 aliphatic carbocycles. The average molecular weight is 237 g/mol. The highest BCUT2D eigenvalue weighted by Crippen LogP contribution is 2.20. The Morgan fingerprint density at radius 2 is 1.64 bits per heavy atom. The van der Waals surface area contributed by atoms with Crippen molar-refractivity contribution in [3.63, 3.8) is 0 Å². The summed E-state index contributed by atoms with van der Waals surface area (Å²) in [6.45, 7) is 2.16. The van der Waals surface area contributed by atoms with E-state index in [2.05, 4.69) is 20.3 Å². The van der Waals surface area contributed by atoms with Gasteiger partial charge in [0.1, 0.15) is 18.5 Å². The summed E-state index contributed by atoms with van der Waals surface area (Å²) in [6, 6.07) is 0. The molecule has 4 nitrogen and oxygen atoms in total. The normalized spacial score (nSPS) is 16.6. The zero-order valence-corrected chi connectivity index (χ0v) is 9.35. The van der Waals surface area contributed by atoms with E-state index in [0.29, 0.717) is 5.92 Å². The minimum atomic E-state index is 0. The highest BCUT2D eigenvalue weighted by molar-refractivity contribution is 5.85. The summed E-state index contributed by atoms with van der Waals surface area (Å²) >= 11 is 0. The van der Waals surface area contributed by atoms with Crippen molar-refractivity contribution in [3.05, 3.63) is 18.5 Å². The largest absolute Gasteiger partial charge is 0.317 e. The number of nitrogens with one attached hydrogen (secondary N) is 1. The topological polar surface area (TPSA) is 50.7 Å². The van der Waals surface area contributed by atoms with Gasteiger partial charge in [-0.15, -0.1) is 24.8 Å². The van der Waals surface area contributed by atoms with Crippen molar-refractivity contribution in [2.75, 3.05) is 13.1 Å². The van der Waals surface area contributed by atoms with Crippen LogP contribution in [0.1, 0.15) is 24.6 Å². The minimum Gasteiger partial charge on any atom is -0.317 e. The van der Waals surface area contributed by atoms with Crippen molar-refractivity contribution in [1.29, 1.82) is 0 Å². The standard InChI is InChI=1S/C8H12N4.2ClH/c1-3-9-4-2-7(1)8-11-5-10-6-12-8;;/h5-7,9H,1-4H2;2*1H. The molecule has 1 aromatic rings. The molecule has 0 radical (unpaired) electrons. The Labute approximate surface area is 95.8 Å². The van der Waals surface area contributed by atoms with E-state index in [-0.39, 0.29) is 24.8 Å². The molecule has 1 aliphatic heterocycles. The molecular weight excluding hydrogens is 223 g/mol. The molecule has 0 saturated carbocycles. The zero-order chi connectivity index (χ0) is 8.23. The van der Waals surface area contributed by atoms with Gasteiger partial charge < -0.3 is 5.32 Å². The minimum absolute atomic E-state index is 0. The van der Waals surface area contributed by atoms with Gasteiger partial charge >= 0.3 is 0 Å². The van der Waals surface area contributed by atoms with Crippen molar-refractivity contribution in [2.45, 2.75) is 18.8 Å². The van der Waals surface area contributed by atoms with E-state index in [4.69, 9.17) is 0 Å². The van der Waals surface area contributed by atoms with Crippen LogP contribution in [-0.2, 0) is 0 Å². The maximum absolute atomic E-state index is 4.15. The summed E-state index contributed by atoms with van der Waals surface area (Å²) in [5.74, 6) is 1.49. The summed E-state index contributed by atoms with van der Waals surface area (Å²) in [4.78, 5) is 12.1. The Balaban J connectivity index is 0.000000845. The number of aromatic nitrogens is 3. The van der Waals surface area contributed by atoms with Crippen LogP contribution in [0.25, 0.3) is 0 Å². The van der Waals surface area contributed by atoms with Gasteiger partial charge in [-0.2, -0.15) is 0 Å². The molecule has 1 fully saturated rings. The molecule has 1 saturated heterocycles. The molecule has 0 bridgehead atoms. The summed E-state index contributed by atoms with van der Waals surface area (Å²) < 4.78 is 0. The average Bonchev–Trinajstić information content (AvgIpc) is 2.21. The predicted molar refractivity (Wildman–Crippen MR) is 59.2 cm³/mol. The van der Waals surface area contributed by atoms with Crippen molar-refractivity contribution in [2.24, 2.45) is 0 Å². The lowest BCUT2D eigenvalue weighted by molar-refractivity contribution is 0.444. The Bertz CT molecular complexity index is 238. The van der Waals surface area contributed by atoms with Crippen LogP contribution in [0.15, 0.2) is 12.7 Å². The summed E-state index contributed by atoms with van der Waals surface area (Å²) in [5.41, 5.74) is 0. The monoisotopic (exact) mass is 236 g/mol. The molecule has 2 heterocycles. The van der Waals surface area contributed by atoms with Crippen LogP contribution in [0.3, 0.4) is 0 Å². The van der Waals surface area contributed by atoms with Gasteiger partial charge in [-0.25, -0.2) is 15.0 Å². The maximum Gasteiger partial charge on any atom is 0.135 e. The molecule has 0 amide bonds. The lowest BCUT2D eigenvalue weighted by Crippen LogP contribution is -2.27. The third-order valence-corrected chi connectivity index (χ3v) is 2.22. The lowest BCUT2D eigenvalue weighted by atomic mass is 9.97. The number of hydrogen-bond acceptors (Lipinski definition) is 4. The van der Waals surface area contributed by atoms with Crippen LogP contribution in [0.5, 0.6) is 0 Å². The van der Waals surface area contributed by atoms with Crippen LogP contribution >= 0.6 is 24.8 Å². The lowest BCUT2D eigenvalue weighted by Gasteiger charge is -2.20. The molecule has 0 spiro atoms. The third-order valence-electron chi connectivity index (χ3n) is 2.22. The number of piperidine rings is 1. The highest BCUT2D eigenvalue weighted by atomic mass is 35.5. The van der Waals surface area contributed by atoms with Crippen LogP contribution < -0.4 is 5.32 Å². The number of halogens is 2. The highest BCUT2D eigenvalue weighted by Gasteiger charge is 2.16. The van der Waals surface area contributed by atoms with Crippen molar-refractivity contribution < 1.29 is 0 Å². The molecular formula is C8H14Cl2N4. The smallest absolute Gasteiger partial charge is 0.135 e. The molecule has 80 valence electrons. The Hall–Kier alpha value is -0.450. The third kappa shape index (κ3) is 3.36. The number of nitrogens with zero attached hydrogens (tertiary/aromatic N) is 3. The van der Waals surface area contributed by atoms with E-state index >= 15 is 0 Å². The van der Waals surface area contributed by atoms with Gasteiger partial charge in [0.2, 0.25) is 0 Å². The molecule has 0 unspecified atom stereocenters. The Morgan fingerprint density at radius 3 is 2.21 bits per heavy atom. The molecule has 14 heavy (non-hydrogen) atoms. The number of rotatable bonds is 1. The molecule has 1 N–H and O–H groups in total. The molecule has 6 heteroatoms. The molecule has 2 rings (SSSR count). The first kappa shape index (κ1) is 13.5. The van der Waals surface area contributed by atoms with E-state index in [1.807, 2.05) is 0 Å². The summed E-state index contributed by atoms with van der Waals surface area (Å²) in [7, 11) is 0. The van der Waals surface area contributed by atoms with Gasteiger partial charge in [0.15, 0.2) is 0 Å². The van der Waals surface area contributed by atoms with Gasteiger partial charge in [-0.05, 0) is 25.9 Å². The molecule has 1 aliphatic rings. The van der Waals surface area contributed by atoms with Crippen LogP contribution in [0, 0.1) is 0 Å². The van der Waals surface area contributed by atoms with Gasteiger partial charge in [-0.3, -0.25) is 0 Å². The van der Waals surface area contributed by atoms with E-state index in [1.54, 1.807) is 12.7 Å². The van der Waals surface area contributed by atoms with Crippen LogP contribution in [-0.4, -0.2) is 28.0 Å². The number of hydrogen-bond donors (Lipinski definition) is 1. The second kappa shape index (κ2) is 6.92. The fourth-order valence-corrected chi connectivity index (χ4v) is 1.54. The quantitative estimate of drug-likeness (QED) is 0.796. The first-order chi connectivity index (χ1) is 5.97. The Kier molecular flexibility index (Phi) is 6.70. The van der Waals surface area contributed by atoms with Gasteiger partial charge in [0, 0.05) is 5.92 Å². The van der Waals surface area contributed by atoms with Gasteiger partial charge in [0.05, 0.1) is 0 Å². The zero-order valence-electron chi connectivity index (χ0n) is 7.72. The fraction of sp³-hybridized carbons (Fsp3) is 0.625. The van der Waals surface area contributed by atoms with E-state index in [1.165, 1.54) is 0 Å². The summed E-state index contributed by atoms with van der Waals surface area (Å²) in [6.07, 6.45) is 5.43. The second-order valence-electron chi connectivity index (χ2n) is 3.02. The van der Waals surface area contributed by atoms with E-state index in [9.17, 15) is 0 Å². The fourth-order valence-electron chi connectivity index (χ4n) is 1.54. The van der Waals surface area contributed by atoms with Crippen LogP contribution in [0.2, 0.25) is 0 Å². The van der Waals surface area contributed by atoms with E-state index < -0.39 is 0 Å². The predicted octanol–water partition coefficient (Wildman–Crippen LogP) is 1.18. The molecule has 0 aromatic carbocycles. The maximum atomic E-state index is 4.15. The molecule has 1 aromatic heterocycles. The first-order valence-corrected chi connectivity index (χ1v) is 4.29. The second-order valence-corrected chi connectivity index (χ2v) is 3.02.